The second-order valence-corrected chi connectivity index (χ2v) is 5.37. The molecule has 1 rings (SSSR count). The van der Waals surface area contributed by atoms with E-state index in [0.29, 0.717) is 6.04 Å². The molecule has 0 saturated heterocycles. The Morgan fingerprint density at radius 2 is 2.18 bits per heavy atom. The number of rotatable bonds is 7. The summed E-state index contributed by atoms with van der Waals surface area (Å²) in [7, 11) is 0. The molecule has 0 amide bonds. The Labute approximate surface area is 110 Å². The third-order valence-corrected chi connectivity index (χ3v) is 3.81. The van der Waals surface area contributed by atoms with E-state index in [4.69, 9.17) is 0 Å². The maximum absolute atomic E-state index is 3.76. The predicted molar refractivity (Wildman–Crippen MR) is 79.9 cm³/mol. The van der Waals surface area contributed by atoms with E-state index in [-0.39, 0.29) is 0 Å². The molecule has 1 aromatic carbocycles. The van der Waals surface area contributed by atoms with E-state index in [1.165, 1.54) is 16.7 Å². The molecule has 1 atom stereocenters. The maximum Gasteiger partial charge on any atom is 0.0414 e. The van der Waals surface area contributed by atoms with E-state index in [9.17, 15) is 0 Å². The highest BCUT2D eigenvalue weighted by molar-refractivity contribution is 7.99. The monoisotopic (exact) mass is 249 g/mol. The smallest absolute Gasteiger partial charge is 0.0414 e. The zero-order valence-electron chi connectivity index (χ0n) is 11.1. The van der Waals surface area contributed by atoms with Gasteiger partial charge in [-0.2, -0.15) is 11.8 Å². The molecule has 1 nitrogen and oxygen atoms in total. The van der Waals surface area contributed by atoms with E-state index in [0.717, 1.165) is 18.1 Å². The van der Waals surface area contributed by atoms with Crippen LogP contribution in [0, 0.1) is 13.8 Å². The van der Waals surface area contributed by atoms with Gasteiger partial charge in [0.15, 0.2) is 0 Å². The minimum Gasteiger partial charge on any atom is -0.310 e. The predicted octanol–water partition coefficient (Wildman–Crippen LogP) is 3.87. The fourth-order valence-electron chi connectivity index (χ4n) is 1.99. The first-order valence-corrected chi connectivity index (χ1v) is 7.33. The highest BCUT2D eigenvalue weighted by Crippen LogP contribution is 2.22. The third kappa shape index (κ3) is 4.57. The molecule has 1 N–H and O–H groups in total. The van der Waals surface area contributed by atoms with Crippen LogP contribution in [-0.4, -0.2) is 18.1 Å². The summed E-state index contributed by atoms with van der Waals surface area (Å²) in [5, 5.41) is 3.56. The largest absolute Gasteiger partial charge is 0.310 e. The van der Waals surface area contributed by atoms with Crippen LogP contribution in [0.3, 0.4) is 0 Å². The van der Waals surface area contributed by atoms with Gasteiger partial charge in [-0.25, -0.2) is 0 Å². The van der Waals surface area contributed by atoms with Gasteiger partial charge in [0.2, 0.25) is 0 Å². The summed E-state index contributed by atoms with van der Waals surface area (Å²) in [5.41, 5.74) is 4.14. The van der Waals surface area contributed by atoms with Crippen molar-refractivity contribution in [2.24, 2.45) is 0 Å². The van der Waals surface area contributed by atoms with E-state index >= 15 is 0 Å². The van der Waals surface area contributed by atoms with Crippen LogP contribution in [0.25, 0.3) is 0 Å². The molecule has 0 bridgehead atoms. The second-order valence-electron chi connectivity index (χ2n) is 4.30. The zero-order valence-corrected chi connectivity index (χ0v) is 11.9. The van der Waals surface area contributed by atoms with Crippen LogP contribution in [-0.2, 0) is 0 Å². The van der Waals surface area contributed by atoms with Gasteiger partial charge in [-0.3, -0.25) is 0 Å². The Balaban J connectivity index is 2.77. The Hall–Kier alpha value is -0.730. The van der Waals surface area contributed by atoms with Crippen molar-refractivity contribution in [3.8, 4) is 0 Å². The molecule has 0 aliphatic carbocycles. The molecular formula is C15H23NS. The molecular weight excluding hydrogens is 226 g/mol. The maximum atomic E-state index is 3.76. The van der Waals surface area contributed by atoms with Crippen molar-refractivity contribution in [2.45, 2.75) is 26.8 Å². The Morgan fingerprint density at radius 3 is 2.76 bits per heavy atom. The molecule has 0 fully saturated rings. The highest BCUT2D eigenvalue weighted by atomic mass is 32.2. The summed E-state index contributed by atoms with van der Waals surface area (Å²) in [6, 6.07) is 7.17. The van der Waals surface area contributed by atoms with Crippen LogP contribution in [0.15, 0.2) is 30.9 Å². The molecule has 2 heteroatoms. The lowest BCUT2D eigenvalue weighted by Crippen LogP contribution is -2.23. The number of hydrogen-bond acceptors (Lipinski definition) is 2. The van der Waals surface area contributed by atoms with Gasteiger partial charge in [0.1, 0.15) is 0 Å². The minimum absolute atomic E-state index is 0.450. The summed E-state index contributed by atoms with van der Waals surface area (Å²) in [6.07, 6.45) is 1.97. The molecule has 1 aromatic rings. The summed E-state index contributed by atoms with van der Waals surface area (Å²) >= 11 is 1.93. The minimum atomic E-state index is 0.450. The first-order valence-electron chi connectivity index (χ1n) is 6.18. The molecule has 0 aliphatic heterocycles. The van der Waals surface area contributed by atoms with Crippen molar-refractivity contribution < 1.29 is 0 Å². The topological polar surface area (TPSA) is 12.0 Å². The van der Waals surface area contributed by atoms with E-state index in [1.807, 2.05) is 17.8 Å². The Morgan fingerprint density at radius 1 is 1.41 bits per heavy atom. The second kappa shape index (κ2) is 7.57. The number of benzene rings is 1. The fraction of sp³-hybridized carbons (Fsp3) is 0.467. The number of nitrogens with one attached hydrogen (secondary N) is 1. The average Bonchev–Trinajstić information content (AvgIpc) is 2.28. The van der Waals surface area contributed by atoms with Gasteiger partial charge in [0, 0.05) is 17.5 Å². The van der Waals surface area contributed by atoms with Crippen molar-refractivity contribution in [2.75, 3.05) is 18.1 Å². The molecule has 0 radical (unpaired) electrons. The zero-order chi connectivity index (χ0) is 12.7. The molecule has 0 heterocycles. The lowest BCUT2D eigenvalue weighted by atomic mass is 10.0. The van der Waals surface area contributed by atoms with Crippen LogP contribution in [0.2, 0.25) is 0 Å². The molecule has 1 unspecified atom stereocenters. The Kier molecular flexibility index (Phi) is 6.38. The van der Waals surface area contributed by atoms with Crippen LogP contribution in [0.4, 0.5) is 0 Å². The van der Waals surface area contributed by atoms with Crippen molar-refractivity contribution >= 4 is 11.8 Å². The quantitative estimate of drug-likeness (QED) is 0.581. The van der Waals surface area contributed by atoms with Gasteiger partial charge in [-0.05, 0) is 31.5 Å². The number of aryl methyl sites for hydroxylation is 2. The van der Waals surface area contributed by atoms with Crippen LogP contribution < -0.4 is 5.32 Å². The molecule has 0 spiro atoms. The third-order valence-electron chi connectivity index (χ3n) is 2.77. The molecule has 0 aliphatic rings. The molecule has 0 saturated carbocycles. The lowest BCUT2D eigenvalue weighted by Gasteiger charge is -2.20. The van der Waals surface area contributed by atoms with Gasteiger partial charge in [0.05, 0.1) is 0 Å². The number of hydrogen-bond donors (Lipinski definition) is 1. The van der Waals surface area contributed by atoms with Gasteiger partial charge in [-0.15, -0.1) is 6.58 Å². The standard InChI is InChI=1S/C15H23NS/c1-5-9-17-11-15(16-6-2)14-8-7-12(3)10-13(14)4/h5,7-8,10,15-16H,1,6,9,11H2,2-4H3. The van der Waals surface area contributed by atoms with Crippen LogP contribution in [0.5, 0.6) is 0 Å². The summed E-state index contributed by atoms with van der Waals surface area (Å²) in [5.74, 6) is 2.12. The van der Waals surface area contributed by atoms with Gasteiger partial charge < -0.3 is 5.32 Å². The lowest BCUT2D eigenvalue weighted by molar-refractivity contribution is 0.603. The van der Waals surface area contributed by atoms with Gasteiger partial charge in [0.25, 0.3) is 0 Å². The van der Waals surface area contributed by atoms with Crippen molar-refractivity contribution in [3.63, 3.8) is 0 Å². The Bertz CT molecular complexity index is 360. The summed E-state index contributed by atoms with van der Waals surface area (Å²) in [4.78, 5) is 0. The van der Waals surface area contributed by atoms with Crippen LogP contribution in [0.1, 0.15) is 29.7 Å². The van der Waals surface area contributed by atoms with Crippen LogP contribution >= 0.6 is 11.8 Å². The first-order chi connectivity index (χ1) is 8.19. The molecule has 94 valence electrons. The molecule has 17 heavy (non-hydrogen) atoms. The van der Waals surface area contributed by atoms with Gasteiger partial charge in [-0.1, -0.05) is 36.8 Å². The normalized spacial score (nSPS) is 12.4. The summed E-state index contributed by atoms with van der Waals surface area (Å²) < 4.78 is 0. The average molecular weight is 249 g/mol. The van der Waals surface area contributed by atoms with Gasteiger partial charge >= 0.3 is 0 Å². The highest BCUT2D eigenvalue weighted by Gasteiger charge is 2.12. The van der Waals surface area contributed by atoms with Crippen molar-refractivity contribution in [1.82, 2.24) is 5.32 Å². The fourth-order valence-corrected chi connectivity index (χ4v) is 2.83. The number of thioether (sulfide) groups is 1. The van der Waals surface area contributed by atoms with Crippen molar-refractivity contribution in [1.29, 1.82) is 0 Å². The molecule has 0 aromatic heterocycles. The SMILES string of the molecule is C=CCSCC(NCC)c1ccc(C)cc1C. The van der Waals surface area contributed by atoms with E-state index in [2.05, 4.69) is 50.9 Å². The first kappa shape index (κ1) is 14.3. The van der Waals surface area contributed by atoms with E-state index in [1.54, 1.807) is 0 Å². The van der Waals surface area contributed by atoms with Crippen molar-refractivity contribution in [3.05, 3.63) is 47.5 Å². The van der Waals surface area contributed by atoms with E-state index < -0.39 is 0 Å². The summed E-state index contributed by atoms with van der Waals surface area (Å²) in [6.45, 7) is 11.3.